The molecule has 2 aromatic rings. The van der Waals surface area contributed by atoms with Crippen LogP contribution in [-0.2, 0) is 17.6 Å². The molecule has 0 aliphatic heterocycles. The van der Waals surface area contributed by atoms with Crippen molar-refractivity contribution < 1.29 is 9.53 Å². The molecule has 0 atom stereocenters. The zero-order valence-electron chi connectivity index (χ0n) is 11.1. The van der Waals surface area contributed by atoms with E-state index in [1.165, 1.54) is 0 Å². The standard InChI is InChI=1S/C15H15Cl2NO2/c1-2-20-15(19)14-7-10(9-18-14)3-4-11-5-6-12(16)8-13(11)17/h5-9,18H,2-4H2,1H3. The van der Waals surface area contributed by atoms with Gasteiger partial charge in [-0.1, -0.05) is 29.3 Å². The molecule has 0 aliphatic carbocycles. The van der Waals surface area contributed by atoms with E-state index in [2.05, 4.69) is 4.98 Å². The molecule has 0 saturated carbocycles. The molecule has 3 nitrogen and oxygen atoms in total. The van der Waals surface area contributed by atoms with Crippen LogP contribution in [0.4, 0.5) is 0 Å². The lowest BCUT2D eigenvalue weighted by Crippen LogP contribution is -2.04. The Morgan fingerprint density at radius 1 is 1.25 bits per heavy atom. The third kappa shape index (κ3) is 3.78. The number of esters is 1. The van der Waals surface area contributed by atoms with Gasteiger partial charge in [-0.3, -0.25) is 0 Å². The van der Waals surface area contributed by atoms with E-state index in [9.17, 15) is 4.79 Å². The number of carbonyl (C=O) groups is 1. The number of carbonyl (C=O) groups excluding carboxylic acids is 1. The summed E-state index contributed by atoms with van der Waals surface area (Å²) in [6, 6.07) is 7.29. The molecule has 1 heterocycles. The summed E-state index contributed by atoms with van der Waals surface area (Å²) in [6.07, 6.45) is 3.39. The van der Waals surface area contributed by atoms with Crippen LogP contribution in [0.15, 0.2) is 30.5 Å². The van der Waals surface area contributed by atoms with Crippen LogP contribution in [0, 0.1) is 0 Å². The predicted octanol–water partition coefficient (Wildman–Crippen LogP) is 4.28. The molecule has 20 heavy (non-hydrogen) atoms. The van der Waals surface area contributed by atoms with Crippen molar-refractivity contribution in [3.8, 4) is 0 Å². The van der Waals surface area contributed by atoms with Crippen LogP contribution in [-0.4, -0.2) is 17.6 Å². The molecule has 2 rings (SSSR count). The Labute approximate surface area is 127 Å². The zero-order valence-corrected chi connectivity index (χ0v) is 12.6. The minimum absolute atomic E-state index is 0.330. The number of benzene rings is 1. The Balaban J connectivity index is 1.99. The van der Waals surface area contributed by atoms with Crippen LogP contribution in [0.2, 0.25) is 10.0 Å². The highest BCUT2D eigenvalue weighted by Crippen LogP contribution is 2.22. The van der Waals surface area contributed by atoms with Crippen LogP contribution in [0.25, 0.3) is 0 Å². The Hall–Kier alpha value is -1.45. The number of ether oxygens (including phenoxy) is 1. The summed E-state index contributed by atoms with van der Waals surface area (Å²) in [6.45, 7) is 2.15. The van der Waals surface area contributed by atoms with E-state index in [1.54, 1.807) is 13.0 Å². The molecule has 1 aromatic heterocycles. The number of aromatic nitrogens is 1. The minimum atomic E-state index is -0.330. The van der Waals surface area contributed by atoms with Crippen molar-refractivity contribution in [2.75, 3.05) is 6.61 Å². The molecule has 0 unspecified atom stereocenters. The van der Waals surface area contributed by atoms with E-state index < -0.39 is 0 Å². The second-order valence-corrected chi connectivity index (χ2v) is 5.22. The van der Waals surface area contributed by atoms with E-state index in [0.717, 1.165) is 24.0 Å². The number of nitrogens with one attached hydrogen (secondary N) is 1. The molecule has 0 aliphatic rings. The van der Waals surface area contributed by atoms with Gasteiger partial charge in [0, 0.05) is 16.2 Å². The van der Waals surface area contributed by atoms with Gasteiger partial charge < -0.3 is 9.72 Å². The smallest absolute Gasteiger partial charge is 0.354 e. The predicted molar refractivity (Wildman–Crippen MR) is 80.6 cm³/mol. The number of rotatable bonds is 5. The van der Waals surface area contributed by atoms with Crippen molar-refractivity contribution in [1.82, 2.24) is 4.98 Å². The van der Waals surface area contributed by atoms with Crippen molar-refractivity contribution in [2.24, 2.45) is 0 Å². The van der Waals surface area contributed by atoms with Crippen LogP contribution in [0.1, 0.15) is 28.5 Å². The second-order valence-electron chi connectivity index (χ2n) is 4.38. The molecular formula is C15H15Cl2NO2. The normalized spacial score (nSPS) is 10.6. The average Bonchev–Trinajstić information content (AvgIpc) is 2.87. The molecule has 106 valence electrons. The number of halogens is 2. The summed E-state index contributed by atoms with van der Waals surface area (Å²) in [5.41, 5.74) is 2.55. The van der Waals surface area contributed by atoms with Gasteiger partial charge in [-0.25, -0.2) is 4.79 Å². The van der Waals surface area contributed by atoms with E-state index in [-0.39, 0.29) is 5.97 Å². The van der Waals surface area contributed by atoms with E-state index in [4.69, 9.17) is 27.9 Å². The molecule has 0 radical (unpaired) electrons. The Morgan fingerprint density at radius 3 is 2.75 bits per heavy atom. The fourth-order valence-corrected chi connectivity index (χ4v) is 2.42. The van der Waals surface area contributed by atoms with Gasteiger partial charge in [0.1, 0.15) is 5.69 Å². The van der Waals surface area contributed by atoms with Gasteiger partial charge >= 0.3 is 5.97 Å². The SMILES string of the molecule is CCOC(=O)c1cc(CCc2ccc(Cl)cc2Cl)c[nH]1. The van der Waals surface area contributed by atoms with Gasteiger partial charge in [0.15, 0.2) is 0 Å². The highest BCUT2D eigenvalue weighted by atomic mass is 35.5. The topological polar surface area (TPSA) is 42.1 Å². The first-order valence-corrected chi connectivity index (χ1v) is 7.14. The number of hydrogen-bond acceptors (Lipinski definition) is 2. The Bertz CT molecular complexity index is 608. The third-order valence-electron chi connectivity index (χ3n) is 2.94. The number of hydrogen-bond donors (Lipinski definition) is 1. The first-order valence-electron chi connectivity index (χ1n) is 6.38. The lowest BCUT2D eigenvalue weighted by molar-refractivity contribution is 0.0520. The van der Waals surface area contributed by atoms with Crippen LogP contribution in [0.3, 0.4) is 0 Å². The Kier molecular flexibility index (Phi) is 5.10. The fourth-order valence-electron chi connectivity index (χ4n) is 1.91. The maximum atomic E-state index is 11.5. The van der Waals surface area contributed by atoms with Crippen molar-refractivity contribution >= 4 is 29.2 Å². The van der Waals surface area contributed by atoms with Gasteiger partial charge in [-0.15, -0.1) is 0 Å². The highest BCUT2D eigenvalue weighted by molar-refractivity contribution is 6.35. The summed E-state index contributed by atoms with van der Waals surface area (Å²) >= 11 is 12.0. The number of aromatic amines is 1. The molecule has 0 spiro atoms. The van der Waals surface area contributed by atoms with Crippen LogP contribution in [0.5, 0.6) is 0 Å². The number of H-pyrrole nitrogens is 1. The van der Waals surface area contributed by atoms with E-state index in [0.29, 0.717) is 22.3 Å². The molecule has 0 saturated heterocycles. The van der Waals surface area contributed by atoms with Crippen LogP contribution >= 0.6 is 23.2 Å². The fraction of sp³-hybridized carbons (Fsp3) is 0.267. The molecule has 5 heteroatoms. The first-order chi connectivity index (χ1) is 9.60. The Morgan fingerprint density at radius 2 is 2.05 bits per heavy atom. The lowest BCUT2D eigenvalue weighted by Gasteiger charge is -2.03. The zero-order chi connectivity index (χ0) is 14.5. The maximum Gasteiger partial charge on any atom is 0.354 e. The maximum absolute atomic E-state index is 11.5. The van der Waals surface area contributed by atoms with Crippen molar-refractivity contribution in [3.63, 3.8) is 0 Å². The molecule has 0 bridgehead atoms. The van der Waals surface area contributed by atoms with Crippen molar-refractivity contribution in [3.05, 3.63) is 57.3 Å². The first kappa shape index (κ1) is 14.9. The van der Waals surface area contributed by atoms with Gasteiger partial charge in [-0.2, -0.15) is 0 Å². The molecule has 0 fully saturated rings. The summed E-state index contributed by atoms with van der Waals surface area (Å²) in [7, 11) is 0. The summed E-state index contributed by atoms with van der Waals surface area (Å²) < 4.78 is 4.93. The van der Waals surface area contributed by atoms with E-state index >= 15 is 0 Å². The van der Waals surface area contributed by atoms with Gasteiger partial charge in [-0.05, 0) is 49.1 Å². The number of aryl methyl sites for hydroxylation is 2. The summed E-state index contributed by atoms with van der Waals surface area (Å²) in [5.74, 6) is -0.330. The second kappa shape index (κ2) is 6.82. The monoisotopic (exact) mass is 311 g/mol. The lowest BCUT2D eigenvalue weighted by atomic mass is 10.1. The van der Waals surface area contributed by atoms with Crippen molar-refractivity contribution in [2.45, 2.75) is 19.8 Å². The third-order valence-corrected chi connectivity index (χ3v) is 3.52. The summed E-state index contributed by atoms with van der Waals surface area (Å²) in [5, 5.41) is 1.30. The highest BCUT2D eigenvalue weighted by Gasteiger charge is 2.09. The minimum Gasteiger partial charge on any atom is -0.461 e. The quantitative estimate of drug-likeness (QED) is 0.837. The molecule has 1 aromatic carbocycles. The largest absolute Gasteiger partial charge is 0.461 e. The van der Waals surface area contributed by atoms with Crippen molar-refractivity contribution in [1.29, 1.82) is 0 Å². The molecular weight excluding hydrogens is 297 g/mol. The molecule has 0 amide bonds. The average molecular weight is 312 g/mol. The molecule has 1 N–H and O–H groups in total. The van der Waals surface area contributed by atoms with E-state index in [1.807, 2.05) is 24.4 Å². The van der Waals surface area contributed by atoms with Crippen LogP contribution < -0.4 is 0 Å². The van der Waals surface area contributed by atoms with Gasteiger partial charge in [0.05, 0.1) is 6.61 Å². The summed E-state index contributed by atoms with van der Waals surface area (Å²) in [4.78, 5) is 14.5. The van der Waals surface area contributed by atoms with Gasteiger partial charge in [0.25, 0.3) is 0 Å². The van der Waals surface area contributed by atoms with Gasteiger partial charge in [0.2, 0.25) is 0 Å².